The molecule has 0 aliphatic carbocycles. The van der Waals surface area contributed by atoms with Gasteiger partial charge in [0.1, 0.15) is 5.75 Å². The summed E-state index contributed by atoms with van der Waals surface area (Å²) in [6.45, 7) is 4.76. The van der Waals surface area contributed by atoms with Crippen LogP contribution in [0.3, 0.4) is 0 Å². The van der Waals surface area contributed by atoms with Crippen molar-refractivity contribution in [3.8, 4) is 5.75 Å². The van der Waals surface area contributed by atoms with Gasteiger partial charge in [-0.05, 0) is 44.2 Å². The molecule has 1 rings (SSSR count). The fourth-order valence-electron chi connectivity index (χ4n) is 1.93. The molecule has 20 heavy (non-hydrogen) atoms. The number of benzene rings is 1. The first-order chi connectivity index (χ1) is 9.67. The highest BCUT2D eigenvalue weighted by molar-refractivity contribution is 5.74. The second kappa shape index (κ2) is 9.23. The van der Waals surface area contributed by atoms with E-state index in [9.17, 15) is 4.79 Å². The molecule has 1 unspecified atom stereocenters. The number of hydrogen-bond acceptors (Lipinski definition) is 2. The largest absolute Gasteiger partial charge is 0.496 e. The van der Waals surface area contributed by atoms with Crippen molar-refractivity contribution in [2.75, 3.05) is 13.7 Å². The molecule has 0 radical (unpaired) electrons. The molecule has 4 heteroatoms. The van der Waals surface area contributed by atoms with E-state index in [1.165, 1.54) is 5.56 Å². The number of methoxy groups -OCH3 is 1. The van der Waals surface area contributed by atoms with Gasteiger partial charge < -0.3 is 15.4 Å². The van der Waals surface area contributed by atoms with Gasteiger partial charge in [-0.2, -0.15) is 0 Å². The van der Waals surface area contributed by atoms with Gasteiger partial charge in [0.15, 0.2) is 0 Å². The van der Waals surface area contributed by atoms with Gasteiger partial charge in [0, 0.05) is 12.6 Å². The Bertz CT molecular complexity index is 407. The lowest BCUT2D eigenvalue weighted by Gasteiger charge is -2.12. The quantitative estimate of drug-likeness (QED) is 0.718. The summed E-state index contributed by atoms with van der Waals surface area (Å²) in [6.07, 6.45) is 3.91. The monoisotopic (exact) mass is 278 g/mol. The molecule has 0 spiro atoms. The second-order valence-electron chi connectivity index (χ2n) is 4.98. The van der Waals surface area contributed by atoms with E-state index in [0.29, 0.717) is 6.54 Å². The van der Waals surface area contributed by atoms with Gasteiger partial charge in [-0.15, -0.1) is 0 Å². The van der Waals surface area contributed by atoms with Gasteiger partial charge in [-0.3, -0.25) is 0 Å². The molecule has 4 nitrogen and oxygen atoms in total. The van der Waals surface area contributed by atoms with Gasteiger partial charge in [-0.1, -0.05) is 25.1 Å². The number of aryl methyl sites for hydroxylation is 1. The Morgan fingerprint density at radius 2 is 2.05 bits per heavy atom. The summed E-state index contributed by atoms with van der Waals surface area (Å²) >= 11 is 0. The highest BCUT2D eigenvalue weighted by Crippen LogP contribution is 2.19. The molecule has 0 saturated carbocycles. The van der Waals surface area contributed by atoms with Crippen LogP contribution in [0.2, 0.25) is 0 Å². The Labute approximate surface area is 121 Å². The third-order valence-electron chi connectivity index (χ3n) is 3.34. The SMILES string of the molecule is CCC(C)NC(=O)NCCCCc1ccccc1OC. The number of para-hydroxylation sites is 1. The van der Waals surface area contributed by atoms with Crippen LogP contribution in [-0.2, 0) is 6.42 Å². The standard InChI is InChI=1S/C16H26N2O2/c1-4-13(2)18-16(19)17-12-8-7-10-14-9-5-6-11-15(14)20-3/h5-6,9,11,13H,4,7-8,10,12H2,1-3H3,(H2,17,18,19). The van der Waals surface area contributed by atoms with Crippen molar-refractivity contribution in [3.05, 3.63) is 29.8 Å². The molecule has 1 aromatic carbocycles. The number of hydrogen-bond donors (Lipinski definition) is 2. The van der Waals surface area contributed by atoms with Gasteiger partial charge >= 0.3 is 6.03 Å². The van der Waals surface area contributed by atoms with Crippen LogP contribution in [0, 0.1) is 0 Å². The van der Waals surface area contributed by atoms with Crippen molar-refractivity contribution in [1.82, 2.24) is 10.6 Å². The number of unbranched alkanes of at least 4 members (excludes halogenated alkanes) is 1. The van der Waals surface area contributed by atoms with Crippen LogP contribution < -0.4 is 15.4 Å². The first-order valence-electron chi connectivity index (χ1n) is 7.33. The fourth-order valence-corrected chi connectivity index (χ4v) is 1.93. The third kappa shape index (κ3) is 5.95. The second-order valence-corrected chi connectivity index (χ2v) is 4.98. The molecule has 0 aromatic heterocycles. The maximum atomic E-state index is 11.5. The zero-order valence-electron chi connectivity index (χ0n) is 12.7. The molecule has 0 fully saturated rings. The van der Waals surface area contributed by atoms with Crippen molar-refractivity contribution >= 4 is 6.03 Å². The number of carbonyl (C=O) groups is 1. The molecule has 0 aliphatic heterocycles. The summed E-state index contributed by atoms with van der Waals surface area (Å²) in [7, 11) is 1.69. The molecule has 112 valence electrons. The number of carbonyl (C=O) groups excluding carboxylic acids is 1. The number of ether oxygens (including phenoxy) is 1. The molecule has 0 bridgehead atoms. The number of urea groups is 1. The van der Waals surface area contributed by atoms with Crippen LogP contribution in [0.25, 0.3) is 0 Å². The van der Waals surface area contributed by atoms with Crippen LogP contribution in [0.15, 0.2) is 24.3 Å². The predicted molar refractivity (Wildman–Crippen MR) is 82.2 cm³/mol. The van der Waals surface area contributed by atoms with Crippen LogP contribution in [0.4, 0.5) is 4.79 Å². The highest BCUT2D eigenvalue weighted by atomic mass is 16.5. The van der Waals surface area contributed by atoms with Crippen LogP contribution in [0.5, 0.6) is 5.75 Å². The topological polar surface area (TPSA) is 50.4 Å². The molecular weight excluding hydrogens is 252 g/mol. The zero-order chi connectivity index (χ0) is 14.8. The molecule has 2 N–H and O–H groups in total. The maximum absolute atomic E-state index is 11.5. The van der Waals surface area contributed by atoms with E-state index < -0.39 is 0 Å². The summed E-state index contributed by atoms with van der Waals surface area (Å²) in [5, 5.41) is 5.77. The minimum Gasteiger partial charge on any atom is -0.496 e. The lowest BCUT2D eigenvalue weighted by atomic mass is 10.1. The van der Waals surface area contributed by atoms with E-state index >= 15 is 0 Å². The Morgan fingerprint density at radius 3 is 2.75 bits per heavy atom. The lowest BCUT2D eigenvalue weighted by Crippen LogP contribution is -2.40. The van der Waals surface area contributed by atoms with Crippen molar-refractivity contribution in [1.29, 1.82) is 0 Å². The Kier molecular flexibility index (Phi) is 7.55. The molecule has 0 saturated heterocycles. The first kappa shape index (κ1) is 16.3. The smallest absolute Gasteiger partial charge is 0.314 e. The van der Waals surface area contributed by atoms with Gasteiger partial charge in [-0.25, -0.2) is 4.79 Å². The Morgan fingerprint density at radius 1 is 1.30 bits per heavy atom. The normalized spacial score (nSPS) is 11.8. The van der Waals surface area contributed by atoms with Gasteiger partial charge in [0.2, 0.25) is 0 Å². The van der Waals surface area contributed by atoms with Gasteiger partial charge in [0.25, 0.3) is 0 Å². The minimum atomic E-state index is -0.0726. The fraction of sp³-hybridized carbons (Fsp3) is 0.562. The van der Waals surface area contributed by atoms with Crippen LogP contribution in [-0.4, -0.2) is 25.7 Å². The van der Waals surface area contributed by atoms with E-state index in [-0.39, 0.29) is 12.1 Å². The number of rotatable bonds is 8. The van der Waals surface area contributed by atoms with Crippen molar-refractivity contribution < 1.29 is 9.53 Å². The molecule has 2 amide bonds. The summed E-state index contributed by atoms with van der Waals surface area (Å²) < 4.78 is 5.32. The van der Waals surface area contributed by atoms with Gasteiger partial charge in [0.05, 0.1) is 7.11 Å². The van der Waals surface area contributed by atoms with E-state index in [1.54, 1.807) is 7.11 Å². The predicted octanol–water partition coefficient (Wildman–Crippen LogP) is 3.12. The molecular formula is C16H26N2O2. The van der Waals surface area contributed by atoms with E-state index in [1.807, 2.05) is 25.1 Å². The Hall–Kier alpha value is -1.71. The zero-order valence-corrected chi connectivity index (χ0v) is 12.7. The number of amides is 2. The maximum Gasteiger partial charge on any atom is 0.314 e. The molecule has 0 aliphatic rings. The number of nitrogens with one attached hydrogen (secondary N) is 2. The van der Waals surface area contributed by atoms with Crippen LogP contribution in [0.1, 0.15) is 38.7 Å². The molecule has 1 aromatic rings. The van der Waals surface area contributed by atoms with Crippen molar-refractivity contribution in [2.45, 2.75) is 45.6 Å². The third-order valence-corrected chi connectivity index (χ3v) is 3.34. The summed E-state index contributed by atoms with van der Waals surface area (Å²) in [5.74, 6) is 0.940. The van der Waals surface area contributed by atoms with Crippen molar-refractivity contribution in [3.63, 3.8) is 0 Å². The summed E-state index contributed by atoms with van der Waals surface area (Å²) in [5.41, 5.74) is 1.22. The summed E-state index contributed by atoms with van der Waals surface area (Å²) in [6, 6.07) is 8.22. The van der Waals surface area contributed by atoms with Crippen molar-refractivity contribution in [2.24, 2.45) is 0 Å². The molecule has 1 atom stereocenters. The molecule has 0 heterocycles. The van der Waals surface area contributed by atoms with Crippen LogP contribution >= 0.6 is 0 Å². The average Bonchev–Trinajstić information content (AvgIpc) is 2.47. The van der Waals surface area contributed by atoms with E-state index in [4.69, 9.17) is 4.74 Å². The minimum absolute atomic E-state index is 0.0726. The average molecular weight is 278 g/mol. The highest BCUT2D eigenvalue weighted by Gasteiger charge is 2.04. The summed E-state index contributed by atoms with van der Waals surface area (Å²) in [4.78, 5) is 11.5. The lowest BCUT2D eigenvalue weighted by molar-refractivity contribution is 0.237. The van der Waals surface area contributed by atoms with E-state index in [0.717, 1.165) is 31.4 Å². The Balaban J connectivity index is 2.17. The first-order valence-corrected chi connectivity index (χ1v) is 7.33. The van der Waals surface area contributed by atoms with E-state index in [2.05, 4.69) is 23.6 Å².